The number of rotatable bonds is 5. The van der Waals surface area contributed by atoms with Gasteiger partial charge in [0.1, 0.15) is 12.2 Å². The van der Waals surface area contributed by atoms with E-state index in [-0.39, 0.29) is 5.91 Å². The average Bonchev–Trinajstić information content (AvgIpc) is 3.57. The molecule has 0 bridgehead atoms. The molecule has 2 aromatic heterocycles. The number of carbonyl (C=O) groups is 1. The maximum absolute atomic E-state index is 12.9. The molecule has 0 radical (unpaired) electrons. The minimum atomic E-state index is 0.285. The molecule has 1 aliphatic carbocycles. The molecule has 2 fully saturated rings. The van der Waals surface area contributed by atoms with Gasteiger partial charge >= 0.3 is 0 Å². The molecule has 2 aliphatic rings. The van der Waals surface area contributed by atoms with Crippen LogP contribution < -0.4 is 4.90 Å². The van der Waals surface area contributed by atoms with Gasteiger partial charge < -0.3 is 9.80 Å². The van der Waals surface area contributed by atoms with E-state index in [1.807, 2.05) is 58.0 Å². The van der Waals surface area contributed by atoms with Gasteiger partial charge in [0.05, 0.1) is 5.02 Å². The molecule has 1 aliphatic heterocycles. The van der Waals surface area contributed by atoms with E-state index < -0.39 is 0 Å². The molecule has 3 heterocycles. The van der Waals surface area contributed by atoms with Crippen molar-refractivity contribution in [2.75, 3.05) is 31.1 Å². The topological polar surface area (TPSA) is 67.2 Å². The number of hydrogen-bond acceptors (Lipinski definition) is 5. The second-order valence-electron chi connectivity index (χ2n) is 9.82. The van der Waals surface area contributed by atoms with Crippen LogP contribution in [0.3, 0.4) is 0 Å². The molecule has 1 saturated heterocycles. The number of amides is 1. The molecule has 6 rings (SSSR count). The van der Waals surface area contributed by atoms with Crippen molar-refractivity contribution < 1.29 is 4.79 Å². The molecule has 0 spiro atoms. The first-order valence-corrected chi connectivity index (χ1v) is 13.6. The maximum Gasteiger partial charge on any atom is 0.222 e. The Morgan fingerprint density at radius 2 is 1.65 bits per heavy atom. The molecule has 37 heavy (non-hydrogen) atoms. The molecular formula is C28H28Cl2N6O. The Morgan fingerprint density at radius 1 is 0.919 bits per heavy atom. The first-order chi connectivity index (χ1) is 18.1. The molecule has 190 valence electrons. The summed E-state index contributed by atoms with van der Waals surface area (Å²) in [7, 11) is 0. The third-order valence-corrected chi connectivity index (χ3v) is 8.08. The fourth-order valence-corrected chi connectivity index (χ4v) is 5.87. The highest BCUT2D eigenvalue weighted by molar-refractivity contribution is 6.33. The zero-order chi connectivity index (χ0) is 25.4. The molecule has 0 atom stereocenters. The predicted molar refractivity (Wildman–Crippen MR) is 147 cm³/mol. The van der Waals surface area contributed by atoms with Crippen molar-refractivity contribution in [3.8, 4) is 17.1 Å². The Labute approximate surface area is 226 Å². The highest BCUT2D eigenvalue weighted by Crippen LogP contribution is 2.35. The van der Waals surface area contributed by atoms with Crippen molar-refractivity contribution in [3.05, 3.63) is 64.9 Å². The quantitative estimate of drug-likeness (QED) is 0.313. The predicted octanol–water partition coefficient (Wildman–Crippen LogP) is 6.02. The Kier molecular flexibility index (Phi) is 6.74. The van der Waals surface area contributed by atoms with Crippen LogP contribution >= 0.6 is 23.2 Å². The number of halogens is 2. The molecule has 7 nitrogen and oxygen atoms in total. The van der Waals surface area contributed by atoms with Crippen LogP contribution in [0.4, 0.5) is 5.82 Å². The van der Waals surface area contributed by atoms with Gasteiger partial charge in [-0.25, -0.2) is 15.0 Å². The lowest BCUT2D eigenvalue weighted by atomic mass is 10.0. The van der Waals surface area contributed by atoms with E-state index in [1.54, 1.807) is 6.33 Å². The van der Waals surface area contributed by atoms with Crippen LogP contribution in [-0.4, -0.2) is 56.5 Å². The summed E-state index contributed by atoms with van der Waals surface area (Å²) in [6.45, 7) is 2.79. The number of piperazine rings is 1. The van der Waals surface area contributed by atoms with Crippen LogP contribution in [-0.2, 0) is 4.79 Å². The van der Waals surface area contributed by atoms with Crippen molar-refractivity contribution >= 4 is 46.1 Å². The van der Waals surface area contributed by atoms with Gasteiger partial charge in [0, 0.05) is 48.9 Å². The average molecular weight is 535 g/mol. The van der Waals surface area contributed by atoms with Crippen LogP contribution in [0.2, 0.25) is 10.0 Å². The lowest BCUT2D eigenvalue weighted by Crippen LogP contribution is -2.49. The van der Waals surface area contributed by atoms with Gasteiger partial charge in [-0.3, -0.25) is 9.36 Å². The third kappa shape index (κ3) is 4.78. The number of anilines is 1. The summed E-state index contributed by atoms with van der Waals surface area (Å²) >= 11 is 12.8. The zero-order valence-electron chi connectivity index (χ0n) is 20.5. The molecule has 1 saturated carbocycles. The summed E-state index contributed by atoms with van der Waals surface area (Å²) in [5.41, 5.74) is 3.10. The number of hydrogen-bond donors (Lipinski definition) is 0. The summed E-state index contributed by atoms with van der Waals surface area (Å²) in [6.07, 6.45) is 7.16. The maximum atomic E-state index is 12.9. The fourth-order valence-electron chi connectivity index (χ4n) is 5.53. The van der Waals surface area contributed by atoms with E-state index in [1.165, 1.54) is 25.7 Å². The lowest BCUT2D eigenvalue weighted by molar-refractivity contribution is -0.132. The second-order valence-corrected chi connectivity index (χ2v) is 10.7. The summed E-state index contributed by atoms with van der Waals surface area (Å²) in [5, 5.41) is 1.26. The smallest absolute Gasteiger partial charge is 0.222 e. The molecule has 4 aromatic rings. The molecule has 9 heteroatoms. The van der Waals surface area contributed by atoms with Gasteiger partial charge in [-0.15, -0.1) is 0 Å². The standard InChI is InChI=1S/C28H28Cl2N6O/c29-20-9-11-21(12-10-20)36-26(22-7-3-4-8-23(22)30)33-25-27(31-18-32-28(25)36)35-15-13-34(14-16-35)24(37)17-19-5-1-2-6-19/h3-4,7-12,18-19H,1-2,5-6,13-17H2. The summed E-state index contributed by atoms with van der Waals surface area (Å²) < 4.78 is 2.00. The van der Waals surface area contributed by atoms with Crippen molar-refractivity contribution in [2.45, 2.75) is 32.1 Å². The third-order valence-electron chi connectivity index (χ3n) is 7.49. The minimum absolute atomic E-state index is 0.285. The first kappa shape index (κ1) is 24.2. The van der Waals surface area contributed by atoms with Crippen LogP contribution in [0, 0.1) is 5.92 Å². The van der Waals surface area contributed by atoms with E-state index in [0.717, 1.165) is 17.1 Å². The number of nitrogens with zero attached hydrogens (tertiary/aromatic N) is 6. The van der Waals surface area contributed by atoms with E-state index in [2.05, 4.69) is 14.9 Å². The number of aromatic nitrogens is 4. The van der Waals surface area contributed by atoms with Gasteiger partial charge in [0.25, 0.3) is 0 Å². The fraction of sp³-hybridized carbons (Fsp3) is 0.357. The van der Waals surface area contributed by atoms with Crippen molar-refractivity contribution in [2.24, 2.45) is 5.92 Å². The molecule has 1 amide bonds. The SMILES string of the molecule is O=C(CC1CCCC1)N1CCN(c2ncnc3c2nc(-c2ccccc2Cl)n3-c2ccc(Cl)cc2)CC1. The summed E-state index contributed by atoms with van der Waals surface area (Å²) in [4.78, 5) is 31.4. The van der Waals surface area contributed by atoms with Crippen LogP contribution in [0.15, 0.2) is 54.9 Å². The van der Waals surface area contributed by atoms with E-state index in [9.17, 15) is 4.79 Å². The highest BCUT2D eigenvalue weighted by Gasteiger charge is 2.28. The van der Waals surface area contributed by atoms with Crippen LogP contribution in [0.5, 0.6) is 0 Å². The van der Waals surface area contributed by atoms with E-state index in [0.29, 0.717) is 65.6 Å². The van der Waals surface area contributed by atoms with Crippen molar-refractivity contribution in [1.82, 2.24) is 24.4 Å². The Morgan fingerprint density at radius 3 is 2.38 bits per heavy atom. The highest BCUT2D eigenvalue weighted by atomic mass is 35.5. The van der Waals surface area contributed by atoms with Gasteiger partial charge in [-0.05, 0) is 55.2 Å². The molecule has 0 unspecified atom stereocenters. The molecule has 2 aromatic carbocycles. The second kappa shape index (κ2) is 10.3. The van der Waals surface area contributed by atoms with Crippen molar-refractivity contribution in [1.29, 1.82) is 0 Å². The van der Waals surface area contributed by atoms with Gasteiger partial charge in [-0.2, -0.15) is 0 Å². The normalized spacial score (nSPS) is 16.6. The Bertz CT molecular complexity index is 1420. The molecular weight excluding hydrogens is 507 g/mol. The number of carbonyl (C=O) groups excluding carboxylic acids is 1. The monoisotopic (exact) mass is 534 g/mol. The number of fused-ring (bicyclic) bond motifs is 1. The van der Waals surface area contributed by atoms with Gasteiger partial charge in [-0.1, -0.05) is 48.2 Å². The number of benzene rings is 2. The van der Waals surface area contributed by atoms with Gasteiger partial charge in [0.2, 0.25) is 5.91 Å². The zero-order valence-corrected chi connectivity index (χ0v) is 22.0. The van der Waals surface area contributed by atoms with E-state index >= 15 is 0 Å². The van der Waals surface area contributed by atoms with E-state index in [4.69, 9.17) is 28.2 Å². The molecule has 0 N–H and O–H groups in total. The first-order valence-electron chi connectivity index (χ1n) is 12.9. The number of imidazole rings is 1. The Hall–Kier alpha value is -3.16. The Balaban J connectivity index is 1.34. The summed E-state index contributed by atoms with van der Waals surface area (Å²) in [5.74, 6) is 2.31. The van der Waals surface area contributed by atoms with Gasteiger partial charge in [0.15, 0.2) is 17.0 Å². The largest absolute Gasteiger partial charge is 0.351 e. The van der Waals surface area contributed by atoms with Crippen LogP contribution in [0.1, 0.15) is 32.1 Å². The van der Waals surface area contributed by atoms with Crippen LogP contribution in [0.25, 0.3) is 28.2 Å². The van der Waals surface area contributed by atoms with Crippen molar-refractivity contribution in [3.63, 3.8) is 0 Å². The minimum Gasteiger partial charge on any atom is -0.351 e. The lowest BCUT2D eigenvalue weighted by Gasteiger charge is -2.35. The summed E-state index contributed by atoms with van der Waals surface area (Å²) in [6, 6.07) is 15.3.